The third-order valence-electron chi connectivity index (χ3n) is 11.8. The summed E-state index contributed by atoms with van der Waals surface area (Å²) >= 11 is 0. The van der Waals surface area contributed by atoms with Crippen LogP contribution in [0.3, 0.4) is 0 Å². The zero-order valence-electron chi connectivity index (χ0n) is 36.4. The Hall–Kier alpha value is -4.57. The van der Waals surface area contributed by atoms with Gasteiger partial charge in [-0.25, -0.2) is 4.79 Å². The lowest BCUT2D eigenvalue weighted by Crippen LogP contribution is -2.55. The van der Waals surface area contributed by atoms with E-state index in [-0.39, 0.29) is 48.9 Å². The Morgan fingerprint density at radius 1 is 0.932 bits per heavy atom. The molecule has 15 heteroatoms. The molecule has 0 bridgehead atoms. The number of benzene rings is 2. The van der Waals surface area contributed by atoms with Gasteiger partial charge in [0, 0.05) is 40.8 Å². The smallest absolute Gasteiger partial charge is 0.326 e. The van der Waals surface area contributed by atoms with Crippen molar-refractivity contribution in [1.29, 1.82) is 0 Å². The first-order chi connectivity index (χ1) is 28.1. The summed E-state index contributed by atoms with van der Waals surface area (Å²) in [6.45, 7) is 10.5. The Balaban J connectivity index is 1.66. The minimum atomic E-state index is -1.14. The highest BCUT2D eigenvalue weighted by Gasteiger charge is 2.42. The van der Waals surface area contributed by atoms with Gasteiger partial charge in [0.05, 0.1) is 49.2 Å². The number of nitrogens with zero attached hydrogens (tertiary/aromatic N) is 3. The van der Waals surface area contributed by atoms with Gasteiger partial charge in [-0.2, -0.15) is 5.90 Å². The maximum absolute atomic E-state index is 14.1. The molecule has 8 atom stereocenters. The summed E-state index contributed by atoms with van der Waals surface area (Å²) in [4.78, 5) is 77.1. The van der Waals surface area contributed by atoms with Crippen LogP contribution in [-0.2, 0) is 46.3 Å². The van der Waals surface area contributed by atoms with Crippen LogP contribution in [0.5, 0.6) is 5.75 Å². The average molecular weight is 825 g/mol. The molecule has 0 radical (unpaired) electrons. The van der Waals surface area contributed by atoms with Crippen molar-refractivity contribution in [3.63, 3.8) is 0 Å². The van der Waals surface area contributed by atoms with Gasteiger partial charge < -0.3 is 39.9 Å². The van der Waals surface area contributed by atoms with Gasteiger partial charge in [0.25, 0.3) is 0 Å². The predicted molar refractivity (Wildman–Crippen MR) is 225 cm³/mol. The molecule has 59 heavy (non-hydrogen) atoms. The molecule has 8 unspecified atom stereocenters. The second kappa shape index (κ2) is 23.9. The molecule has 0 saturated carbocycles. The molecular formula is C44H68N6O9. The van der Waals surface area contributed by atoms with Crippen LogP contribution in [0.25, 0.3) is 0 Å². The summed E-state index contributed by atoms with van der Waals surface area (Å²) in [5.74, 6) is 2.58. The van der Waals surface area contributed by atoms with E-state index in [2.05, 4.69) is 10.6 Å². The first-order valence-electron chi connectivity index (χ1n) is 20.7. The van der Waals surface area contributed by atoms with Gasteiger partial charge in [0.15, 0.2) is 0 Å². The van der Waals surface area contributed by atoms with Gasteiger partial charge in [-0.1, -0.05) is 83.5 Å². The van der Waals surface area contributed by atoms with E-state index in [0.717, 1.165) is 11.1 Å². The molecule has 2 aromatic rings. The van der Waals surface area contributed by atoms with Crippen molar-refractivity contribution in [2.24, 2.45) is 23.7 Å². The van der Waals surface area contributed by atoms with Crippen LogP contribution < -0.4 is 21.4 Å². The van der Waals surface area contributed by atoms with Crippen LogP contribution in [0, 0.1) is 17.8 Å². The van der Waals surface area contributed by atoms with Crippen molar-refractivity contribution < 1.29 is 43.4 Å². The Labute approximate surface area is 350 Å². The number of carboxylic acids is 1. The van der Waals surface area contributed by atoms with E-state index in [1.165, 1.54) is 14.2 Å². The van der Waals surface area contributed by atoms with E-state index < -0.39 is 54.2 Å². The molecule has 1 heterocycles. The monoisotopic (exact) mass is 825 g/mol. The summed E-state index contributed by atoms with van der Waals surface area (Å²) in [5, 5.41) is 15.4. The van der Waals surface area contributed by atoms with Gasteiger partial charge in [-0.05, 0) is 61.4 Å². The minimum Gasteiger partial charge on any atom is -0.480 e. The molecule has 0 spiro atoms. The maximum Gasteiger partial charge on any atom is 0.326 e. The van der Waals surface area contributed by atoms with Gasteiger partial charge in [0.2, 0.25) is 23.6 Å². The van der Waals surface area contributed by atoms with Gasteiger partial charge in [-0.15, -0.1) is 0 Å². The number of amides is 4. The third-order valence-corrected chi connectivity index (χ3v) is 11.8. The molecule has 1 aliphatic heterocycles. The third kappa shape index (κ3) is 13.7. The van der Waals surface area contributed by atoms with Crippen molar-refractivity contribution in [2.75, 3.05) is 47.9 Å². The first-order valence-corrected chi connectivity index (χ1v) is 20.7. The van der Waals surface area contributed by atoms with Crippen molar-refractivity contribution in [1.82, 2.24) is 25.3 Å². The van der Waals surface area contributed by atoms with Crippen LogP contribution in [-0.4, -0.2) is 134 Å². The molecule has 1 saturated heterocycles. The Bertz CT molecular complexity index is 1640. The maximum atomic E-state index is 14.1. The number of likely N-dealkylation sites (tertiary alicyclic amines) is 1. The van der Waals surface area contributed by atoms with Crippen LogP contribution in [0.2, 0.25) is 0 Å². The summed E-state index contributed by atoms with van der Waals surface area (Å²) in [6, 6.07) is 14.0. The van der Waals surface area contributed by atoms with Crippen LogP contribution in [0.1, 0.15) is 71.4 Å². The fourth-order valence-corrected chi connectivity index (χ4v) is 8.26. The van der Waals surface area contributed by atoms with E-state index in [1.807, 2.05) is 82.1 Å². The highest BCUT2D eigenvalue weighted by molar-refractivity contribution is 5.88. The number of hydrogen-bond donors (Lipinski definition) is 4. The van der Waals surface area contributed by atoms with Crippen molar-refractivity contribution in [2.45, 2.75) is 110 Å². The zero-order chi connectivity index (χ0) is 43.8. The van der Waals surface area contributed by atoms with Crippen LogP contribution in [0.15, 0.2) is 54.6 Å². The fraction of sp³-hybridized carbons (Fsp3) is 0.614. The normalized spacial score (nSPS) is 17.7. The van der Waals surface area contributed by atoms with Gasteiger partial charge >= 0.3 is 5.97 Å². The highest BCUT2D eigenvalue weighted by atomic mass is 16.6. The number of carbonyl (C=O) groups is 5. The number of nitrogens with two attached hydrogens (primary N) is 1. The number of methoxy groups -OCH3 is 2. The fourth-order valence-electron chi connectivity index (χ4n) is 8.26. The number of carboxylic acid groups (broad SMARTS) is 1. The Morgan fingerprint density at radius 2 is 1.59 bits per heavy atom. The number of likely N-dealkylation sites (N-methyl/N-ethyl adjacent to an activating group) is 2. The SMILES string of the molecule is CCC(C)C(C(CC(=O)N1CCCC1C(OC)C(C)C(=O)NC(Cc1ccccc1)C(=O)O)OC)N(C)C(=O)CNC(=O)C(C(C)C)N(C)CCc1ccc(ON)cc1. The molecule has 0 aromatic heterocycles. The van der Waals surface area contributed by atoms with Gasteiger partial charge in [-0.3, -0.25) is 24.1 Å². The van der Waals surface area contributed by atoms with E-state index in [4.69, 9.17) is 20.2 Å². The molecule has 3 rings (SSSR count). The van der Waals surface area contributed by atoms with E-state index in [1.54, 1.807) is 35.9 Å². The number of aliphatic carboxylic acids is 1. The molecule has 328 valence electrons. The second-order valence-corrected chi connectivity index (χ2v) is 16.1. The largest absolute Gasteiger partial charge is 0.480 e. The molecular weight excluding hydrogens is 757 g/mol. The Morgan fingerprint density at radius 3 is 2.15 bits per heavy atom. The Kier molecular flexibility index (Phi) is 19.7. The lowest BCUT2D eigenvalue weighted by Gasteiger charge is -2.39. The van der Waals surface area contributed by atoms with E-state index in [0.29, 0.717) is 44.5 Å². The topological polar surface area (TPSA) is 193 Å². The van der Waals surface area contributed by atoms with Crippen LogP contribution >= 0.6 is 0 Å². The second-order valence-electron chi connectivity index (χ2n) is 16.1. The standard InChI is InChI=1S/C44H68N6O9/c1-10-29(4)40(49(7)38(52)27-46-43(54)39(28(2)3)48(6)24-22-31-18-20-33(59-45)21-19-31)36(57-8)26-37(51)50-23-14-17-35(50)41(58-9)30(5)42(53)47-34(44(55)56)25-32-15-12-11-13-16-32/h11-13,15-16,18-21,28-30,34-36,39-41H,10,14,17,22-27,45H2,1-9H3,(H,46,54)(H,47,53)(H,55,56). The quantitative estimate of drug-likeness (QED) is 0.114. The highest BCUT2D eigenvalue weighted by Crippen LogP contribution is 2.29. The molecule has 4 amide bonds. The summed E-state index contributed by atoms with van der Waals surface area (Å²) in [5.41, 5.74) is 1.85. The van der Waals surface area contributed by atoms with Crippen molar-refractivity contribution >= 4 is 29.6 Å². The lowest BCUT2D eigenvalue weighted by atomic mass is 9.90. The molecule has 15 nitrogen and oxygen atoms in total. The average Bonchev–Trinajstić information content (AvgIpc) is 3.71. The molecule has 1 fully saturated rings. The molecule has 0 aliphatic carbocycles. The summed E-state index contributed by atoms with van der Waals surface area (Å²) in [7, 11) is 6.59. The van der Waals surface area contributed by atoms with Crippen LogP contribution in [0.4, 0.5) is 0 Å². The molecule has 1 aliphatic rings. The summed E-state index contributed by atoms with van der Waals surface area (Å²) < 4.78 is 11.8. The lowest BCUT2D eigenvalue weighted by molar-refractivity contribution is -0.147. The zero-order valence-corrected chi connectivity index (χ0v) is 36.4. The number of rotatable bonds is 24. The number of nitrogens with one attached hydrogen (secondary N) is 2. The molecule has 5 N–H and O–H groups in total. The van der Waals surface area contributed by atoms with Crippen molar-refractivity contribution in [3.8, 4) is 5.75 Å². The van der Waals surface area contributed by atoms with Crippen molar-refractivity contribution in [3.05, 3.63) is 65.7 Å². The van der Waals surface area contributed by atoms with Gasteiger partial charge in [0.1, 0.15) is 11.8 Å². The molecule has 2 aromatic carbocycles. The van der Waals surface area contributed by atoms with E-state index in [9.17, 15) is 29.1 Å². The number of ether oxygens (including phenoxy) is 2. The minimum absolute atomic E-state index is 0.0245. The predicted octanol–water partition coefficient (Wildman–Crippen LogP) is 3.29. The summed E-state index contributed by atoms with van der Waals surface area (Å²) in [6.07, 6.45) is 1.44. The van der Waals surface area contributed by atoms with E-state index >= 15 is 0 Å². The number of carbonyl (C=O) groups excluding carboxylic acids is 4. The first kappa shape index (κ1) is 48.8. The number of hydrogen-bond acceptors (Lipinski definition) is 10.